The smallest absolute Gasteiger partial charge is 0.140 e. The number of hydrogen-bond donors (Lipinski definition) is 1. The number of aryl methyl sites for hydroxylation is 2. The van der Waals surface area contributed by atoms with Crippen LogP contribution in [0.5, 0.6) is 0 Å². The van der Waals surface area contributed by atoms with Crippen LogP contribution in [0.15, 0.2) is 36.5 Å². The van der Waals surface area contributed by atoms with Gasteiger partial charge in [-0.15, -0.1) is 0 Å². The van der Waals surface area contributed by atoms with Crippen molar-refractivity contribution in [3.63, 3.8) is 0 Å². The van der Waals surface area contributed by atoms with Crippen molar-refractivity contribution >= 4 is 23.1 Å². The lowest BCUT2D eigenvalue weighted by Crippen LogP contribution is -1.94. The van der Waals surface area contributed by atoms with Gasteiger partial charge < -0.3 is 5.73 Å². The van der Waals surface area contributed by atoms with E-state index in [1.165, 1.54) is 11.1 Å². The quantitative estimate of drug-likeness (QED) is 0.730. The summed E-state index contributed by atoms with van der Waals surface area (Å²) in [5.41, 5.74) is 11.2. The second kappa shape index (κ2) is 4.28. The van der Waals surface area contributed by atoms with Crippen molar-refractivity contribution in [2.24, 2.45) is 0 Å². The number of halogens is 1. The van der Waals surface area contributed by atoms with E-state index in [4.69, 9.17) is 17.3 Å². The highest BCUT2D eigenvalue weighted by Gasteiger charge is 2.11. The maximum Gasteiger partial charge on any atom is 0.140 e. The Morgan fingerprint density at radius 1 is 1.11 bits per heavy atom. The van der Waals surface area contributed by atoms with Gasteiger partial charge >= 0.3 is 0 Å². The van der Waals surface area contributed by atoms with Crippen LogP contribution in [0.3, 0.4) is 0 Å². The van der Waals surface area contributed by atoms with Gasteiger partial charge in [-0.3, -0.25) is 4.40 Å². The van der Waals surface area contributed by atoms with Crippen LogP contribution in [-0.4, -0.2) is 9.38 Å². The van der Waals surface area contributed by atoms with Crippen LogP contribution in [0.4, 0.5) is 5.82 Å². The van der Waals surface area contributed by atoms with Crippen LogP contribution in [0.2, 0.25) is 5.02 Å². The molecular weight excluding hydrogens is 258 g/mol. The maximum absolute atomic E-state index is 6.17. The molecule has 2 heterocycles. The van der Waals surface area contributed by atoms with E-state index in [9.17, 15) is 0 Å². The van der Waals surface area contributed by atoms with Crippen molar-refractivity contribution in [2.45, 2.75) is 13.8 Å². The van der Waals surface area contributed by atoms with E-state index >= 15 is 0 Å². The second-order valence-electron chi connectivity index (χ2n) is 4.72. The number of benzene rings is 1. The molecule has 3 aromatic rings. The van der Waals surface area contributed by atoms with E-state index in [1.54, 1.807) is 6.07 Å². The van der Waals surface area contributed by atoms with E-state index in [-0.39, 0.29) is 0 Å². The summed E-state index contributed by atoms with van der Waals surface area (Å²) in [4.78, 5) is 4.57. The Morgan fingerprint density at radius 3 is 2.63 bits per heavy atom. The first-order chi connectivity index (χ1) is 9.06. The summed E-state index contributed by atoms with van der Waals surface area (Å²) in [7, 11) is 0. The molecule has 0 unspecified atom stereocenters. The average molecular weight is 272 g/mol. The zero-order chi connectivity index (χ0) is 13.6. The van der Waals surface area contributed by atoms with Crippen LogP contribution in [0, 0.1) is 13.8 Å². The van der Waals surface area contributed by atoms with Crippen molar-refractivity contribution in [3.8, 4) is 11.3 Å². The third-order valence-electron chi connectivity index (χ3n) is 3.41. The summed E-state index contributed by atoms with van der Waals surface area (Å²) in [6.45, 7) is 4.17. The molecule has 0 aliphatic rings. The number of rotatable bonds is 1. The molecule has 2 aromatic heterocycles. The minimum atomic E-state index is 0.634. The molecule has 96 valence electrons. The Morgan fingerprint density at radius 2 is 1.89 bits per heavy atom. The number of nitrogen functional groups attached to an aromatic ring is 1. The summed E-state index contributed by atoms with van der Waals surface area (Å²) in [6.07, 6.45) is 1.84. The minimum absolute atomic E-state index is 0.634. The molecule has 0 fully saturated rings. The normalized spacial score (nSPS) is 11.1. The Balaban J connectivity index is 2.24. The van der Waals surface area contributed by atoms with E-state index < -0.39 is 0 Å². The first kappa shape index (κ1) is 12.1. The van der Waals surface area contributed by atoms with Crippen LogP contribution in [0.1, 0.15) is 11.1 Å². The van der Waals surface area contributed by atoms with Gasteiger partial charge in [0.2, 0.25) is 0 Å². The Labute approximate surface area is 116 Å². The van der Waals surface area contributed by atoms with Crippen LogP contribution in [-0.2, 0) is 0 Å². The molecule has 0 spiro atoms. The predicted octanol–water partition coefficient (Wildman–Crippen LogP) is 3.85. The molecule has 0 amide bonds. The van der Waals surface area contributed by atoms with Crippen LogP contribution < -0.4 is 5.73 Å². The number of anilines is 1. The van der Waals surface area contributed by atoms with Crippen molar-refractivity contribution in [1.82, 2.24) is 9.38 Å². The zero-order valence-electron chi connectivity index (χ0n) is 10.8. The highest BCUT2D eigenvalue weighted by atomic mass is 35.5. The molecule has 2 N–H and O–H groups in total. The molecule has 1 aromatic carbocycles. The predicted molar refractivity (Wildman–Crippen MR) is 79.5 cm³/mol. The molecule has 0 atom stereocenters. The van der Waals surface area contributed by atoms with Crippen molar-refractivity contribution < 1.29 is 0 Å². The lowest BCUT2D eigenvalue weighted by Gasteiger charge is -2.03. The highest BCUT2D eigenvalue weighted by Crippen LogP contribution is 2.28. The zero-order valence-corrected chi connectivity index (χ0v) is 11.6. The lowest BCUT2D eigenvalue weighted by atomic mass is 10.0. The third kappa shape index (κ3) is 1.96. The van der Waals surface area contributed by atoms with E-state index in [0.29, 0.717) is 10.8 Å². The van der Waals surface area contributed by atoms with Gasteiger partial charge in [-0.1, -0.05) is 23.7 Å². The first-order valence-electron chi connectivity index (χ1n) is 6.07. The molecule has 3 rings (SSSR count). The Kier molecular flexibility index (Phi) is 2.72. The number of pyridine rings is 1. The van der Waals surface area contributed by atoms with Crippen molar-refractivity contribution in [1.29, 1.82) is 0 Å². The van der Waals surface area contributed by atoms with Gasteiger partial charge in [0.05, 0.1) is 0 Å². The van der Waals surface area contributed by atoms with Gasteiger partial charge in [0.15, 0.2) is 0 Å². The van der Waals surface area contributed by atoms with Crippen molar-refractivity contribution in [2.75, 3.05) is 5.73 Å². The van der Waals surface area contributed by atoms with Gasteiger partial charge in [-0.05, 0) is 37.1 Å². The first-order valence-corrected chi connectivity index (χ1v) is 6.45. The molecule has 0 saturated carbocycles. The molecule has 0 aliphatic carbocycles. The van der Waals surface area contributed by atoms with Gasteiger partial charge in [-0.2, -0.15) is 0 Å². The molecule has 4 heteroatoms. The molecule has 3 nitrogen and oxygen atoms in total. The van der Waals surface area contributed by atoms with Gasteiger partial charge in [0.1, 0.15) is 17.2 Å². The summed E-state index contributed by atoms with van der Waals surface area (Å²) >= 11 is 5.98. The number of fused-ring (bicyclic) bond motifs is 1. The van der Waals surface area contributed by atoms with Gasteiger partial charge in [0.25, 0.3) is 0 Å². The fourth-order valence-electron chi connectivity index (χ4n) is 2.14. The molecule has 0 saturated heterocycles. The van der Waals surface area contributed by atoms with Gasteiger partial charge in [-0.25, -0.2) is 4.98 Å². The minimum Gasteiger partial charge on any atom is -0.383 e. The molecule has 0 radical (unpaired) electrons. The molecule has 0 bridgehead atoms. The van der Waals surface area contributed by atoms with E-state index in [2.05, 4.69) is 31.0 Å². The monoisotopic (exact) mass is 271 g/mol. The number of hydrogen-bond acceptors (Lipinski definition) is 2. The maximum atomic E-state index is 6.17. The number of aromatic nitrogens is 2. The Hall–Kier alpha value is -2.00. The van der Waals surface area contributed by atoms with E-state index in [1.807, 2.05) is 22.7 Å². The topological polar surface area (TPSA) is 43.3 Å². The lowest BCUT2D eigenvalue weighted by molar-refractivity contribution is 1.20. The summed E-state index contributed by atoms with van der Waals surface area (Å²) in [6, 6.07) is 9.84. The Bertz CT molecular complexity index is 774. The van der Waals surface area contributed by atoms with Crippen LogP contribution in [0.25, 0.3) is 16.9 Å². The van der Waals surface area contributed by atoms with Crippen molar-refractivity contribution in [3.05, 3.63) is 52.7 Å². The second-order valence-corrected chi connectivity index (χ2v) is 5.15. The summed E-state index contributed by atoms with van der Waals surface area (Å²) < 4.78 is 1.84. The fourth-order valence-corrected chi connectivity index (χ4v) is 2.29. The third-order valence-corrected chi connectivity index (χ3v) is 3.64. The molecule has 19 heavy (non-hydrogen) atoms. The number of nitrogens with two attached hydrogens (primary N) is 1. The fraction of sp³-hybridized carbons (Fsp3) is 0.133. The molecule has 0 aliphatic heterocycles. The average Bonchev–Trinajstić information content (AvgIpc) is 2.70. The number of nitrogens with zero attached hydrogens (tertiary/aromatic N) is 2. The number of imidazole rings is 1. The SMILES string of the molecule is Cc1ccc(-c2nc3cc(Cl)ccn3c2N)cc1C. The van der Waals surface area contributed by atoms with Crippen LogP contribution >= 0.6 is 11.6 Å². The largest absolute Gasteiger partial charge is 0.383 e. The molecular formula is C15H14ClN3. The summed E-state index contributed by atoms with van der Waals surface area (Å²) in [5, 5.41) is 0.657. The van der Waals surface area contributed by atoms with E-state index in [0.717, 1.165) is 16.9 Å². The standard InChI is InChI=1S/C15H14ClN3/c1-9-3-4-11(7-10(9)2)14-15(17)19-6-5-12(16)8-13(19)18-14/h3-8H,17H2,1-2H3. The highest BCUT2D eigenvalue weighted by molar-refractivity contribution is 6.30. The van der Waals surface area contributed by atoms with Gasteiger partial charge in [0, 0.05) is 22.8 Å². The summed E-state index contributed by atoms with van der Waals surface area (Å²) in [5.74, 6) is 0.634.